The number of alkyl halides is 1. The highest BCUT2D eigenvalue weighted by Gasteiger charge is 2.09. The van der Waals surface area contributed by atoms with Crippen molar-refractivity contribution in [3.8, 4) is 0 Å². The van der Waals surface area contributed by atoms with Gasteiger partial charge in [-0.05, 0) is 13.3 Å². The lowest BCUT2D eigenvalue weighted by Crippen LogP contribution is -2.16. The number of rotatable bonds is 12. The van der Waals surface area contributed by atoms with Crippen molar-refractivity contribution in [3.05, 3.63) is 0 Å². The van der Waals surface area contributed by atoms with Gasteiger partial charge in [-0.3, -0.25) is 0 Å². The SMILES string of the molecule is CCCCCCCCCCCCC(Cl)C(C)O. The molecular formula is C15H31ClO. The molecule has 2 atom stereocenters. The van der Waals surface area contributed by atoms with E-state index in [9.17, 15) is 5.11 Å². The smallest absolute Gasteiger partial charge is 0.0675 e. The van der Waals surface area contributed by atoms with Crippen LogP contribution in [0.2, 0.25) is 0 Å². The van der Waals surface area contributed by atoms with Crippen LogP contribution in [0.25, 0.3) is 0 Å². The molecule has 1 N–H and O–H groups in total. The minimum Gasteiger partial charge on any atom is -0.392 e. The number of aliphatic hydroxyl groups is 1. The first kappa shape index (κ1) is 17.2. The lowest BCUT2D eigenvalue weighted by atomic mass is 10.0. The van der Waals surface area contributed by atoms with Crippen molar-refractivity contribution >= 4 is 11.6 Å². The maximum Gasteiger partial charge on any atom is 0.0675 e. The first-order valence-electron chi connectivity index (χ1n) is 7.50. The Balaban J connectivity index is 3.03. The van der Waals surface area contributed by atoms with Gasteiger partial charge in [-0.15, -0.1) is 11.6 Å². The molecule has 2 unspecified atom stereocenters. The summed E-state index contributed by atoms with van der Waals surface area (Å²) < 4.78 is 0. The van der Waals surface area contributed by atoms with Crippen LogP contribution in [0.15, 0.2) is 0 Å². The standard InChI is InChI=1S/C15H31ClO/c1-3-4-5-6-7-8-9-10-11-12-13-15(16)14(2)17/h14-15,17H,3-13H2,1-2H3. The van der Waals surface area contributed by atoms with E-state index in [2.05, 4.69) is 6.92 Å². The largest absolute Gasteiger partial charge is 0.392 e. The number of halogens is 1. The van der Waals surface area contributed by atoms with Crippen LogP contribution in [0.4, 0.5) is 0 Å². The summed E-state index contributed by atoms with van der Waals surface area (Å²) in [7, 11) is 0. The quantitative estimate of drug-likeness (QED) is 0.374. The molecule has 0 spiro atoms. The van der Waals surface area contributed by atoms with Gasteiger partial charge in [0, 0.05) is 0 Å². The zero-order valence-corrected chi connectivity index (χ0v) is 12.5. The van der Waals surface area contributed by atoms with Crippen molar-refractivity contribution in [2.24, 2.45) is 0 Å². The van der Waals surface area contributed by atoms with Crippen molar-refractivity contribution in [1.29, 1.82) is 0 Å². The molecule has 0 amide bonds. The first-order chi connectivity index (χ1) is 8.18. The molecule has 0 aliphatic carbocycles. The monoisotopic (exact) mass is 262 g/mol. The fraction of sp³-hybridized carbons (Fsp3) is 1.00. The maximum atomic E-state index is 9.23. The molecule has 0 aliphatic heterocycles. The van der Waals surface area contributed by atoms with E-state index in [-0.39, 0.29) is 11.5 Å². The molecule has 0 bridgehead atoms. The minimum absolute atomic E-state index is 0.0518. The zero-order chi connectivity index (χ0) is 12.9. The summed E-state index contributed by atoms with van der Waals surface area (Å²) in [6, 6.07) is 0. The Bertz CT molecular complexity index is 148. The van der Waals surface area contributed by atoms with Gasteiger partial charge in [-0.2, -0.15) is 0 Å². The molecule has 0 rings (SSSR count). The van der Waals surface area contributed by atoms with Crippen LogP contribution in [-0.2, 0) is 0 Å². The van der Waals surface area contributed by atoms with Gasteiger partial charge < -0.3 is 5.11 Å². The molecule has 0 saturated carbocycles. The van der Waals surface area contributed by atoms with Crippen molar-refractivity contribution in [2.45, 2.75) is 96.0 Å². The highest BCUT2D eigenvalue weighted by atomic mass is 35.5. The summed E-state index contributed by atoms with van der Waals surface area (Å²) in [4.78, 5) is 0. The van der Waals surface area contributed by atoms with Crippen LogP contribution in [0.3, 0.4) is 0 Å². The van der Waals surface area contributed by atoms with Gasteiger partial charge >= 0.3 is 0 Å². The van der Waals surface area contributed by atoms with E-state index >= 15 is 0 Å². The van der Waals surface area contributed by atoms with Gasteiger partial charge in [0.25, 0.3) is 0 Å². The van der Waals surface area contributed by atoms with Crippen LogP contribution >= 0.6 is 11.6 Å². The van der Waals surface area contributed by atoms with Gasteiger partial charge in [0.15, 0.2) is 0 Å². The predicted octanol–water partition coefficient (Wildman–Crippen LogP) is 5.29. The van der Waals surface area contributed by atoms with E-state index in [0.29, 0.717) is 0 Å². The molecule has 0 saturated heterocycles. The molecule has 104 valence electrons. The van der Waals surface area contributed by atoms with Gasteiger partial charge in [0.1, 0.15) is 0 Å². The van der Waals surface area contributed by atoms with Gasteiger partial charge in [0.05, 0.1) is 11.5 Å². The molecule has 17 heavy (non-hydrogen) atoms. The number of unbranched alkanes of at least 4 members (excludes halogenated alkanes) is 9. The van der Waals surface area contributed by atoms with Crippen LogP contribution in [0, 0.1) is 0 Å². The number of aliphatic hydroxyl groups excluding tert-OH is 1. The lowest BCUT2D eigenvalue weighted by molar-refractivity contribution is 0.184. The van der Waals surface area contributed by atoms with Gasteiger partial charge in [-0.25, -0.2) is 0 Å². The van der Waals surface area contributed by atoms with E-state index in [1.165, 1.54) is 57.8 Å². The normalized spacial score (nSPS) is 14.8. The fourth-order valence-electron chi connectivity index (χ4n) is 2.07. The predicted molar refractivity (Wildman–Crippen MR) is 77.8 cm³/mol. The molecule has 0 radical (unpaired) electrons. The Kier molecular flexibility index (Phi) is 12.9. The Morgan fingerprint density at radius 2 is 1.24 bits per heavy atom. The average Bonchev–Trinajstić information content (AvgIpc) is 2.31. The van der Waals surface area contributed by atoms with E-state index in [1.54, 1.807) is 6.92 Å². The third kappa shape index (κ3) is 12.5. The highest BCUT2D eigenvalue weighted by Crippen LogP contribution is 2.15. The van der Waals surface area contributed by atoms with E-state index in [4.69, 9.17) is 11.6 Å². The summed E-state index contributed by atoms with van der Waals surface area (Å²) in [5.74, 6) is 0. The maximum absolute atomic E-state index is 9.23. The Labute approximate surface area is 113 Å². The van der Waals surface area contributed by atoms with Crippen LogP contribution in [-0.4, -0.2) is 16.6 Å². The third-order valence-electron chi connectivity index (χ3n) is 3.36. The van der Waals surface area contributed by atoms with Crippen molar-refractivity contribution in [1.82, 2.24) is 0 Å². The number of hydrogen-bond acceptors (Lipinski definition) is 1. The van der Waals surface area contributed by atoms with Crippen LogP contribution < -0.4 is 0 Å². The minimum atomic E-state index is -0.366. The molecule has 0 aromatic carbocycles. The molecule has 0 heterocycles. The molecule has 0 fully saturated rings. The highest BCUT2D eigenvalue weighted by molar-refractivity contribution is 6.20. The molecule has 0 aliphatic rings. The van der Waals surface area contributed by atoms with Crippen molar-refractivity contribution < 1.29 is 5.11 Å². The fourth-order valence-corrected chi connectivity index (χ4v) is 2.22. The summed E-state index contributed by atoms with van der Waals surface area (Å²) in [5.41, 5.74) is 0. The van der Waals surface area contributed by atoms with Crippen LogP contribution in [0.1, 0.15) is 84.5 Å². The van der Waals surface area contributed by atoms with Crippen molar-refractivity contribution in [2.75, 3.05) is 0 Å². The summed E-state index contributed by atoms with van der Waals surface area (Å²) in [6.45, 7) is 4.03. The molecule has 0 aromatic heterocycles. The summed E-state index contributed by atoms with van der Waals surface area (Å²) >= 11 is 5.98. The topological polar surface area (TPSA) is 20.2 Å². The molecule has 1 nitrogen and oxygen atoms in total. The van der Waals surface area contributed by atoms with E-state index in [1.807, 2.05) is 0 Å². The summed E-state index contributed by atoms with van der Waals surface area (Å²) in [5, 5.41) is 9.18. The second kappa shape index (κ2) is 12.7. The van der Waals surface area contributed by atoms with Gasteiger partial charge in [-0.1, -0.05) is 71.1 Å². The van der Waals surface area contributed by atoms with E-state index < -0.39 is 0 Å². The Morgan fingerprint density at radius 3 is 1.65 bits per heavy atom. The Morgan fingerprint density at radius 1 is 0.824 bits per heavy atom. The second-order valence-corrected chi connectivity index (χ2v) is 5.79. The molecule has 2 heteroatoms. The summed E-state index contributed by atoms with van der Waals surface area (Å²) in [6.07, 6.45) is 14.1. The average molecular weight is 263 g/mol. The molecular weight excluding hydrogens is 232 g/mol. The molecule has 0 aromatic rings. The first-order valence-corrected chi connectivity index (χ1v) is 7.94. The number of hydrogen-bond donors (Lipinski definition) is 1. The van der Waals surface area contributed by atoms with Crippen molar-refractivity contribution in [3.63, 3.8) is 0 Å². The lowest BCUT2D eigenvalue weighted by Gasteiger charge is -2.11. The second-order valence-electron chi connectivity index (χ2n) is 5.23. The Hall–Kier alpha value is 0.250. The van der Waals surface area contributed by atoms with Gasteiger partial charge in [0.2, 0.25) is 0 Å². The van der Waals surface area contributed by atoms with Crippen LogP contribution in [0.5, 0.6) is 0 Å². The third-order valence-corrected chi connectivity index (χ3v) is 3.94. The zero-order valence-electron chi connectivity index (χ0n) is 11.8. The van der Waals surface area contributed by atoms with E-state index in [0.717, 1.165) is 12.8 Å².